The molecule has 0 unspecified atom stereocenters. The number of nitrogens with zero attached hydrogens (tertiary/aromatic N) is 4. The van der Waals surface area contributed by atoms with Crippen molar-refractivity contribution in [2.75, 3.05) is 25.5 Å². The van der Waals surface area contributed by atoms with E-state index in [1.165, 1.54) is 18.4 Å². The van der Waals surface area contributed by atoms with Gasteiger partial charge in [-0.15, -0.1) is 0 Å². The molecule has 0 N–H and O–H groups in total. The number of carbonyl (C=O) groups excluding carboxylic acids is 1. The van der Waals surface area contributed by atoms with Crippen LogP contribution in [0.3, 0.4) is 0 Å². The molecule has 3 rings (SSSR count). The highest BCUT2D eigenvalue weighted by molar-refractivity contribution is 7.89. The predicted molar refractivity (Wildman–Crippen MR) is 90.2 cm³/mol. The fourth-order valence-electron chi connectivity index (χ4n) is 2.80. The van der Waals surface area contributed by atoms with Gasteiger partial charge >= 0.3 is 0 Å². The van der Waals surface area contributed by atoms with E-state index in [1.54, 1.807) is 46.2 Å². The summed E-state index contributed by atoms with van der Waals surface area (Å²) >= 11 is 0. The monoisotopic (exact) mass is 348 g/mol. The van der Waals surface area contributed by atoms with Gasteiger partial charge in [-0.2, -0.15) is 5.10 Å². The third-order valence-corrected chi connectivity index (χ3v) is 5.92. The number of rotatable bonds is 4. The maximum Gasteiger partial charge on any atom is 0.248 e. The Balaban J connectivity index is 1.95. The van der Waals surface area contributed by atoms with Gasteiger partial charge in [0.1, 0.15) is 6.54 Å². The van der Waals surface area contributed by atoms with Crippen LogP contribution in [0, 0.1) is 0 Å². The lowest BCUT2D eigenvalue weighted by molar-refractivity contribution is -0.119. The molecular formula is C16H20N4O3S. The molecule has 0 spiro atoms. The third-order valence-electron chi connectivity index (χ3n) is 4.11. The Morgan fingerprint density at radius 2 is 2.12 bits per heavy atom. The first kappa shape index (κ1) is 16.7. The molecule has 0 atom stereocenters. The minimum atomic E-state index is -3.53. The number of carbonyl (C=O) groups is 1. The SMILES string of the molecule is CN(C)S(=O)(=O)c1ccc2c(c1)N(C(=O)Cn1cccn1)CCC2. The molecule has 1 aliphatic heterocycles. The minimum absolute atomic E-state index is 0.0981. The number of hydrogen-bond acceptors (Lipinski definition) is 4. The molecule has 1 aliphatic rings. The summed E-state index contributed by atoms with van der Waals surface area (Å²) in [5, 5.41) is 4.05. The highest BCUT2D eigenvalue weighted by atomic mass is 32.2. The summed E-state index contributed by atoms with van der Waals surface area (Å²) in [4.78, 5) is 14.5. The molecule has 0 saturated carbocycles. The Morgan fingerprint density at radius 1 is 1.33 bits per heavy atom. The lowest BCUT2D eigenvalue weighted by Crippen LogP contribution is -2.38. The Labute approximate surface area is 141 Å². The highest BCUT2D eigenvalue weighted by Crippen LogP contribution is 2.30. The van der Waals surface area contributed by atoms with Crippen LogP contribution in [0.4, 0.5) is 5.69 Å². The number of fused-ring (bicyclic) bond motifs is 1. The zero-order valence-electron chi connectivity index (χ0n) is 13.7. The Morgan fingerprint density at radius 3 is 2.79 bits per heavy atom. The predicted octanol–water partition coefficient (Wildman–Crippen LogP) is 1.11. The van der Waals surface area contributed by atoms with Crippen LogP contribution in [0.2, 0.25) is 0 Å². The van der Waals surface area contributed by atoms with Gasteiger partial charge < -0.3 is 4.90 Å². The number of benzene rings is 1. The van der Waals surface area contributed by atoms with Gasteiger partial charge in [0, 0.05) is 38.7 Å². The zero-order valence-corrected chi connectivity index (χ0v) is 14.5. The maximum absolute atomic E-state index is 12.6. The number of aromatic nitrogens is 2. The Bertz CT molecular complexity index is 844. The van der Waals surface area contributed by atoms with Gasteiger partial charge in [0.15, 0.2) is 0 Å². The number of sulfonamides is 1. The minimum Gasteiger partial charge on any atom is -0.310 e. The van der Waals surface area contributed by atoms with E-state index < -0.39 is 10.0 Å². The molecule has 2 heterocycles. The lowest BCUT2D eigenvalue weighted by Gasteiger charge is -2.30. The van der Waals surface area contributed by atoms with E-state index in [2.05, 4.69) is 5.10 Å². The van der Waals surface area contributed by atoms with E-state index in [0.29, 0.717) is 12.2 Å². The van der Waals surface area contributed by atoms with Crippen LogP contribution in [0.15, 0.2) is 41.6 Å². The highest BCUT2D eigenvalue weighted by Gasteiger charge is 2.26. The van der Waals surface area contributed by atoms with Crippen molar-refractivity contribution in [3.8, 4) is 0 Å². The van der Waals surface area contributed by atoms with Gasteiger partial charge in [0.2, 0.25) is 15.9 Å². The fourth-order valence-corrected chi connectivity index (χ4v) is 3.72. The second-order valence-corrected chi connectivity index (χ2v) is 8.08. The first-order valence-electron chi connectivity index (χ1n) is 7.73. The molecule has 0 fully saturated rings. The van der Waals surface area contributed by atoms with Crippen molar-refractivity contribution in [1.82, 2.24) is 14.1 Å². The molecule has 8 heteroatoms. The average Bonchev–Trinajstić information content (AvgIpc) is 3.06. The quantitative estimate of drug-likeness (QED) is 0.829. The summed E-state index contributed by atoms with van der Waals surface area (Å²) in [5.41, 5.74) is 1.68. The molecule has 7 nitrogen and oxygen atoms in total. The third kappa shape index (κ3) is 3.07. The fraction of sp³-hybridized carbons (Fsp3) is 0.375. The van der Waals surface area contributed by atoms with E-state index in [-0.39, 0.29) is 17.3 Å². The molecule has 0 saturated heterocycles. The van der Waals surface area contributed by atoms with Gasteiger partial charge in [-0.05, 0) is 36.6 Å². The molecule has 0 radical (unpaired) electrons. The second kappa shape index (κ2) is 6.37. The number of anilines is 1. The van der Waals surface area contributed by atoms with Gasteiger partial charge in [-0.1, -0.05) is 6.07 Å². The summed E-state index contributed by atoms with van der Waals surface area (Å²) in [6.45, 7) is 0.718. The Hall–Kier alpha value is -2.19. The van der Waals surface area contributed by atoms with Crippen LogP contribution in [0.25, 0.3) is 0 Å². The first-order valence-corrected chi connectivity index (χ1v) is 9.17. The first-order chi connectivity index (χ1) is 11.4. The van der Waals surface area contributed by atoms with Crippen molar-refractivity contribution < 1.29 is 13.2 Å². The average molecular weight is 348 g/mol. The summed E-state index contributed by atoms with van der Waals surface area (Å²) in [6, 6.07) is 6.78. The van der Waals surface area contributed by atoms with E-state index in [9.17, 15) is 13.2 Å². The van der Waals surface area contributed by atoms with Crippen molar-refractivity contribution in [3.05, 3.63) is 42.2 Å². The molecule has 128 valence electrons. The van der Waals surface area contributed by atoms with Crippen molar-refractivity contribution in [3.63, 3.8) is 0 Å². The number of hydrogen-bond donors (Lipinski definition) is 0. The van der Waals surface area contributed by atoms with Crippen molar-refractivity contribution >= 4 is 21.6 Å². The van der Waals surface area contributed by atoms with Crippen LogP contribution >= 0.6 is 0 Å². The van der Waals surface area contributed by atoms with E-state index >= 15 is 0 Å². The van der Waals surface area contributed by atoms with Crippen LogP contribution < -0.4 is 4.90 Å². The lowest BCUT2D eigenvalue weighted by atomic mass is 10.0. The van der Waals surface area contributed by atoms with Crippen molar-refractivity contribution in [2.24, 2.45) is 0 Å². The summed E-state index contributed by atoms with van der Waals surface area (Å²) in [5.74, 6) is -0.0981. The summed E-state index contributed by atoms with van der Waals surface area (Å²) in [7, 11) is -0.541. The van der Waals surface area contributed by atoms with Crippen LogP contribution in [0.5, 0.6) is 0 Å². The molecule has 1 amide bonds. The molecule has 0 aliphatic carbocycles. The normalized spacial score (nSPS) is 14.7. The van der Waals surface area contributed by atoms with Gasteiger partial charge in [-0.3, -0.25) is 9.48 Å². The number of amides is 1. The molecule has 1 aromatic heterocycles. The van der Waals surface area contributed by atoms with Gasteiger partial charge in [0.05, 0.1) is 4.90 Å². The van der Waals surface area contributed by atoms with Gasteiger partial charge in [0.25, 0.3) is 0 Å². The molecule has 1 aromatic carbocycles. The Kier molecular flexibility index (Phi) is 4.42. The van der Waals surface area contributed by atoms with Crippen LogP contribution in [-0.4, -0.2) is 49.1 Å². The smallest absolute Gasteiger partial charge is 0.248 e. The summed E-state index contributed by atoms with van der Waals surface area (Å²) in [6.07, 6.45) is 5.05. The van der Waals surface area contributed by atoms with E-state index in [4.69, 9.17) is 0 Å². The van der Waals surface area contributed by atoms with E-state index in [0.717, 1.165) is 18.4 Å². The second-order valence-electron chi connectivity index (χ2n) is 5.93. The van der Waals surface area contributed by atoms with Crippen molar-refractivity contribution in [2.45, 2.75) is 24.3 Å². The standard InChI is InChI=1S/C16H20N4O3S/c1-18(2)24(22,23)14-7-6-13-5-3-10-20(15(13)11-14)16(21)12-19-9-4-8-17-19/h4,6-9,11H,3,5,10,12H2,1-2H3. The van der Waals surface area contributed by atoms with Gasteiger partial charge in [-0.25, -0.2) is 12.7 Å². The van der Waals surface area contributed by atoms with Crippen LogP contribution in [-0.2, 0) is 27.8 Å². The molecule has 0 bridgehead atoms. The number of aryl methyl sites for hydroxylation is 1. The zero-order chi connectivity index (χ0) is 17.3. The molecule has 24 heavy (non-hydrogen) atoms. The topological polar surface area (TPSA) is 75.5 Å². The van der Waals surface area contributed by atoms with Crippen LogP contribution in [0.1, 0.15) is 12.0 Å². The molecular weight excluding hydrogens is 328 g/mol. The summed E-state index contributed by atoms with van der Waals surface area (Å²) < 4.78 is 27.5. The van der Waals surface area contributed by atoms with E-state index in [1.807, 2.05) is 0 Å². The van der Waals surface area contributed by atoms with Crippen molar-refractivity contribution in [1.29, 1.82) is 0 Å². The molecule has 2 aromatic rings. The maximum atomic E-state index is 12.6. The largest absolute Gasteiger partial charge is 0.310 e.